The van der Waals surface area contributed by atoms with Gasteiger partial charge in [-0.05, 0) is 24.3 Å². The number of hydrogen-bond donors (Lipinski definition) is 0. The van der Waals surface area contributed by atoms with Crippen LogP contribution >= 0.6 is 46.4 Å². The Balaban J connectivity index is 2.64. The minimum Gasteiger partial charge on any atom is -0.233 e. The van der Waals surface area contributed by atoms with Crippen LogP contribution in [0, 0.1) is 5.82 Å². The zero-order valence-corrected chi connectivity index (χ0v) is 11.2. The maximum atomic E-state index is 12.9. The molecule has 1 aromatic carbocycles. The van der Waals surface area contributed by atoms with Crippen LogP contribution in [0.1, 0.15) is 0 Å². The molecule has 0 atom stereocenters. The van der Waals surface area contributed by atoms with Gasteiger partial charge in [0.1, 0.15) is 11.0 Å². The van der Waals surface area contributed by atoms with Crippen LogP contribution in [0.25, 0.3) is 11.3 Å². The van der Waals surface area contributed by atoms with Gasteiger partial charge in [-0.3, -0.25) is 0 Å². The monoisotopic (exact) mass is 309 g/mol. The maximum absolute atomic E-state index is 12.9. The third-order valence-electron chi connectivity index (χ3n) is 2.07. The third kappa shape index (κ3) is 2.66. The summed E-state index contributed by atoms with van der Waals surface area (Å²) in [7, 11) is 0. The average molecular weight is 311 g/mol. The highest BCUT2D eigenvalue weighted by molar-refractivity contribution is 6.43. The Morgan fingerprint density at radius 2 is 1.59 bits per heavy atom. The summed E-state index contributed by atoms with van der Waals surface area (Å²) in [5.41, 5.74) is 0.864. The number of rotatable bonds is 1. The van der Waals surface area contributed by atoms with Gasteiger partial charge in [0.05, 0.1) is 20.8 Å². The molecular weight excluding hydrogens is 307 g/mol. The first-order valence-corrected chi connectivity index (χ1v) is 5.97. The molecule has 0 aliphatic rings. The molecule has 0 aliphatic carbocycles. The number of halogens is 5. The predicted molar refractivity (Wildman–Crippen MR) is 69.7 cm³/mol. The van der Waals surface area contributed by atoms with Gasteiger partial charge in [0.2, 0.25) is 0 Å². The first-order valence-electron chi connectivity index (χ1n) is 4.46. The molecule has 0 fully saturated rings. The lowest BCUT2D eigenvalue weighted by Crippen LogP contribution is -1.89. The summed E-state index contributed by atoms with van der Waals surface area (Å²) in [5.74, 6) is -0.435. The van der Waals surface area contributed by atoms with E-state index in [4.69, 9.17) is 46.4 Å². The molecule has 0 spiro atoms. The summed E-state index contributed by atoms with van der Waals surface area (Å²) in [4.78, 5) is 4.03. The fraction of sp³-hybridized carbons (Fsp3) is 0. The topological polar surface area (TPSA) is 12.9 Å². The lowest BCUT2D eigenvalue weighted by Gasteiger charge is -2.07. The number of hydrogen-bond acceptors (Lipinski definition) is 1. The van der Waals surface area contributed by atoms with Crippen LogP contribution in [-0.2, 0) is 0 Å². The van der Waals surface area contributed by atoms with Gasteiger partial charge in [-0.2, -0.15) is 0 Å². The summed E-state index contributed by atoms with van der Waals surface area (Å²) in [6, 6.07) is 5.39. The molecule has 1 aromatic heterocycles. The second-order valence-corrected chi connectivity index (χ2v) is 4.80. The normalized spacial score (nSPS) is 10.6. The maximum Gasteiger partial charge on any atom is 0.148 e. The van der Waals surface area contributed by atoms with Gasteiger partial charge in [-0.25, -0.2) is 9.37 Å². The van der Waals surface area contributed by atoms with Crippen molar-refractivity contribution < 1.29 is 4.39 Å². The number of nitrogens with zero attached hydrogens (tertiary/aromatic N) is 1. The molecule has 1 heterocycles. The van der Waals surface area contributed by atoms with Crippen LogP contribution < -0.4 is 0 Å². The molecule has 2 rings (SSSR count). The Hall–Kier alpha value is -0.540. The molecule has 2 aromatic rings. The third-order valence-corrected chi connectivity index (χ3v) is 3.35. The summed E-state index contributed by atoms with van der Waals surface area (Å²) < 4.78 is 12.9. The van der Waals surface area contributed by atoms with E-state index in [1.165, 1.54) is 24.3 Å². The van der Waals surface area contributed by atoms with E-state index >= 15 is 0 Å². The second kappa shape index (κ2) is 4.99. The van der Waals surface area contributed by atoms with Gasteiger partial charge in [-0.15, -0.1) is 0 Å². The minimum atomic E-state index is -0.435. The lowest BCUT2D eigenvalue weighted by atomic mass is 10.1. The predicted octanol–water partition coefficient (Wildman–Crippen LogP) is 5.50. The standard InChI is InChI=1S/C11H4Cl4FN/c12-7-3-5(16)1-2-6(7)10-8(13)4-9(14)11(15)17-10/h1-4H. The van der Waals surface area contributed by atoms with Crippen molar-refractivity contribution in [3.63, 3.8) is 0 Å². The second-order valence-electron chi connectivity index (χ2n) is 3.22. The van der Waals surface area contributed by atoms with Gasteiger partial charge in [0.15, 0.2) is 0 Å². The zero-order chi connectivity index (χ0) is 12.6. The van der Waals surface area contributed by atoms with Crippen LogP contribution in [0.15, 0.2) is 24.3 Å². The van der Waals surface area contributed by atoms with E-state index < -0.39 is 5.82 Å². The van der Waals surface area contributed by atoms with E-state index in [0.717, 1.165) is 0 Å². The van der Waals surface area contributed by atoms with Crippen LogP contribution in [0.4, 0.5) is 4.39 Å². The molecule has 0 saturated carbocycles. The molecule has 0 bridgehead atoms. The van der Waals surface area contributed by atoms with Crippen molar-refractivity contribution in [1.29, 1.82) is 0 Å². The SMILES string of the molecule is Fc1ccc(-c2nc(Cl)c(Cl)cc2Cl)c(Cl)c1. The van der Waals surface area contributed by atoms with Gasteiger partial charge in [0.25, 0.3) is 0 Å². The van der Waals surface area contributed by atoms with E-state index in [1.807, 2.05) is 0 Å². The number of benzene rings is 1. The van der Waals surface area contributed by atoms with Crippen molar-refractivity contribution in [2.75, 3.05) is 0 Å². The molecule has 0 aliphatic heterocycles. The smallest absolute Gasteiger partial charge is 0.148 e. The van der Waals surface area contributed by atoms with E-state index in [9.17, 15) is 4.39 Å². The van der Waals surface area contributed by atoms with Gasteiger partial charge in [-0.1, -0.05) is 46.4 Å². The Morgan fingerprint density at radius 3 is 2.24 bits per heavy atom. The molecule has 0 N–H and O–H groups in total. The summed E-state index contributed by atoms with van der Waals surface area (Å²) in [6.07, 6.45) is 0. The molecular formula is C11H4Cl4FN. The van der Waals surface area contributed by atoms with Crippen LogP contribution in [0.2, 0.25) is 20.2 Å². The molecule has 1 nitrogen and oxygen atoms in total. The van der Waals surface area contributed by atoms with Crippen molar-refractivity contribution in [3.8, 4) is 11.3 Å². The van der Waals surface area contributed by atoms with Crippen molar-refractivity contribution in [2.45, 2.75) is 0 Å². The largest absolute Gasteiger partial charge is 0.233 e. The Kier molecular flexibility index (Phi) is 3.79. The van der Waals surface area contributed by atoms with E-state index in [1.54, 1.807) is 0 Å². The molecule has 0 saturated heterocycles. The van der Waals surface area contributed by atoms with Crippen LogP contribution in [0.3, 0.4) is 0 Å². The Bertz CT molecular complexity index is 586. The van der Waals surface area contributed by atoms with E-state index in [-0.39, 0.29) is 15.2 Å². The Morgan fingerprint density at radius 1 is 0.882 bits per heavy atom. The lowest BCUT2D eigenvalue weighted by molar-refractivity contribution is 0.628. The van der Waals surface area contributed by atoms with Crippen LogP contribution in [0.5, 0.6) is 0 Å². The summed E-state index contributed by atoms with van der Waals surface area (Å²) >= 11 is 23.5. The summed E-state index contributed by atoms with van der Waals surface area (Å²) in [5, 5.41) is 0.871. The molecule has 0 amide bonds. The van der Waals surface area contributed by atoms with Crippen molar-refractivity contribution in [1.82, 2.24) is 4.98 Å². The van der Waals surface area contributed by atoms with E-state index in [2.05, 4.69) is 4.98 Å². The number of aromatic nitrogens is 1. The molecule has 0 unspecified atom stereocenters. The molecule has 88 valence electrons. The minimum absolute atomic E-state index is 0.117. The van der Waals surface area contributed by atoms with Crippen molar-refractivity contribution in [2.24, 2.45) is 0 Å². The van der Waals surface area contributed by atoms with Crippen molar-refractivity contribution >= 4 is 46.4 Å². The highest BCUT2D eigenvalue weighted by atomic mass is 35.5. The average Bonchev–Trinajstić information content (AvgIpc) is 2.24. The zero-order valence-electron chi connectivity index (χ0n) is 8.15. The summed E-state index contributed by atoms with van der Waals surface area (Å²) in [6.45, 7) is 0. The van der Waals surface area contributed by atoms with Crippen LogP contribution in [-0.4, -0.2) is 4.98 Å². The van der Waals surface area contributed by atoms with Gasteiger partial charge in [0, 0.05) is 5.56 Å². The molecule has 6 heteroatoms. The van der Waals surface area contributed by atoms with Gasteiger partial charge < -0.3 is 0 Å². The fourth-order valence-corrected chi connectivity index (χ4v) is 2.17. The first-order chi connectivity index (χ1) is 7.99. The highest BCUT2D eigenvalue weighted by Gasteiger charge is 2.13. The van der Waals surface area contributed by atoms with E-state index in [0.29, 0.717) is 16.3 Å². The molecule has 0 radical (unpaired) electrons. The molecule has 17 heavy (non-hydrogen) atoms. The fourth-order valence-electron chi connectivity index (χ4n) is 1.31. The first kappa shape index (κ1) is 12.9. The number of pyridine rings is 1. The van der Waals surface area contributed by atoms with Gasteiger partial charge >= 0.3 is 0 Å². The Labute approximate surface area is 117 Å². The quantitative estimate of drug-likeness (QED) is 0.634. The van der Waals surface area contributed by atoms with Crippen molar-refractivity contribution in [3.05, 3.63) is 50.3 Å². The highest BCUT2D eigenvalue weighted by Crippen LogP contribution is 2.35.